The lowest BCUT2D eigenvalue weighted by Crippen LogP contribution is -2.22. The van der Waals surface area contributed by atoms with E-state index in [9.17, 15) is 13.0 Å². The van der Waals surface area contributed by atoms with Crippen LogP contribution >= 0.6 is 0 Å². The fraction of sp³-hybridized carbons (Fsp3) is 0.286. The van der Waals surface area contributed by atoms with Gasteiger partial charge in [0.15, 0.2) is 0 Å². The third kappa shape index (κ3) is 2.57. The van der Waals surface area contributed by atoms with Gasteiger partial charge in [0.1, 0.15) is 4.90 Å². The van der Waals surface area contributed by atoms with E-state index in [-0.39, 0.29) is 4.90 Å². The molecule has 2 aromatic carbocycles. The zero-order chi connectivity index (χ0) is 14.0. The van der Waals surface area contributed by atoms with E-state index >= 15 is 0 Å². The van der Waals surface area contributed by atoms with Crippen LogP contribution in [0.4, 0.5) is 5.69 Å². The summed E-state index contributed by atoms with van der Waals surface area (Å²) in [6, 6.07) is 10.4. The van der Waals surface area contributed by atoms with Gasteiger partial charge in [-0.3, -0.25) is 4.55 Å². The fourth-order valence-corrected chi connectivity index (χ4v) is 3.02. The predicted molar refractivity (Wildman–Crippen MR) is 77.3 cm³/mol. The third-order valence-corrected chi connectivity index (χ3v) is 4.15. The van der Waals surface area contributed by atoms with Crippen molar-refractivity contribution in [3.63, 3.8) is 0 Å². The van der Waals surface area contributed by atoms with Crippen LogP contribution in [0.3, 0.4) is 0 Å². The fourth-order valence-electron chi connectivity index (χ4n) is 2.32. The summed E-state index contributed by atoms with van der Waals surface area (Å²) in [5, 5.41) is 1.38. The van der Waals surface area contributed by atoms with Gasteiger partial charge in [-0.1, -0.05) is 24.3 Å². The smallest absolute Gasteiger partial charge is 0.295 e. The van der Waals surface area contributed by atoms with Gasteiger partial charge in [-0.05, 0) is 26.0 Å². The third-order valence-electron chi connectivity index (χ3n) is 3.24. The summed E-state index contributed by atoms with van der Waals surface area (Å²) in [6.07, 6.45) is 0. The van der Waals surface area contributed by atoms with Crippen LogP contribution in [-0.4, -0.2) is 26.1 Å². The number of nitrogens with zero attached hydrogens (tertiary/aromatic N) is 1. The molecule has 0 amide bonds. The summed E-state index contributed by atoms with van der Waals surface area (Å²) in [4.78, 5) is 2.11. The first kappa shape index (κ1) is 13.8. The van der Waals surface area contributed by atoms with Crippen molar-refractivity contribution in [1.82, 2.24) is 0 Å². The van der Waals surface area contributed by atoms with Crippen LogP contribution in [-0.2, 0) is 10.1 Å². The summed E-state index contributed by atoms with van der Waals surface area (Å²) in [6.45, 7) is 5.78. The van der Waals surface area contributed by atoms with Crippen LogP contribution < -0.4 is 4.90 Å². The average molecular weight is 279 g/mol. The van der Waals surface area contributed by atoms with Crippen molar-refractivity contribution in [2.75, 3.05) is 18.0 Å². The molecule has 2 aromatic rings. The Morgan fingerprint density at radius 3 is 2.11 bits per heavy atom. The maximum absolute atomic E-state index is 11.4. The van der Waals surface area contributed by atoms with Gasteiger partial charge in [-0.2, -0.15) is 8.42 Å². The topological polar surface area (TPSA) is 57.6 Å². The van der Waals surface area contributed by atoms with Gasteiger partial charge in [0.05, 0.1) is 0 Å². The predicted octanol–water partition coefficient (Wildman–Crippen LogP) is 2.93. The first-order valence-electron chi connectivity index (χ1n) is 6.23. The highest BCUT2D eigenvalue weighted by molar-refractivity contribution is 7.86. The Hall–Kier alpha value is -1.59. The second-order valence-electron chi connectivity index (χ2n) is 4.28. The molecule has 0 spiro atoms. The minimum absolute atomic E-state index is 0.0426. The van der Waals surface area contributed by atoms with Crippen molar-refractivity contribution in [2.45, 2.75) is 18.7 Å². The molecule has 0 heterocycles. The van der Waals surface area contributed by atoms with E-state index in [0.29, 0.717) is 5.39 Å². The van der Waals surface area contributed by atoms with E-state index < -0.39 is 10.1 Å². The molecule has 102 valence electrons. The molecular weight excluding hydrogens is 262 g/mol. The molecule has 5 heteroatoms. The standard InChI is InChI=1S/C14H17NO3S/c1-3-15(4-2)13-9-10-14(19(16,17)18)12-8-6-5-7-11(12)13/h5-10H,3-4H2,1-2H3,(H,16,17,18). The van der Waals surface area contributed by atoms with E-state index in [1.165, 1.54) is 6.07 Å². The van der Waals surface area contributed by atoms with E-state index in [1.807, 2.05) is 12.1 Å². The number of fused-ring (bicyclic) bond motifs is 1. The lowest BCUT2D eigenvalue weighted by Gasteiger charge is -2.23. The van der Waals surface area contributed by atoms with Crippen LogP contribution in [0.15, 0.2) is 41.3 Å². The Labute approximate surface area is 113 Å². The molecule has 0 saturated carbocycles. The highest BCUT2D eigenvalue weighted by atomic mass is 32.2. The lowest BCUT2D eigenvalue weighted by molar-refractivity contribution is 0.484. The summed E-state index contributed by atoms with van der Waals surface area (Å²) in [5.41, 5.74) is 0.980. The van der Waals surface area contributed by atoms with Crippen molar-refractivity contribution < 1.29 is 13.0 Å². The molecule has 0 atom stereocenters. The van der Waals surface area contributed by atoms with Crippen LogP contribution in [0, 0.1) is 0 Å². The maximum Gasteiger partial charge on any atom is 0.295 e. The molecule has 2 rings (SSSR count). The zero-order valence-corrected chi connectivity index (χ0v) is 11.8. The summed E-state index contributed by atoms with van der Waals surface area (Å²) in [5.74, 6) is 0. The van der Waals surface area contributed by atoms with Crippen molar-refractivity contribution in [3.8, 4) is 0 Å². The number of rotatable bonds is 4. The van der Waals surface area contributed by atoms with Crippen LogP contribution in [0.5, 0.6) is 0 Å². The van der Waals surface area contributed by atoms with Crippen molar-refractivity contribution >= 4 is 26.6 Å². The zero-order valence-electron chi connectivity index (χ0n) is 11.0. The first-order chi connectivity index (χ1) is 8.99. The number of benzene rings is 2. The van der Waals surface area contributed by atoms with Gasteiger partial charge in [-0.15, -0.1) is 0 Å². The van der Waals surface area contributed by atoms with Gasteiger partial charge in [-0.25, -0.2) is 0 Å². The minimum atomic E-state index is -4.20. The molecule has 0 aliphatic heterocycles. The molecule has 0 aliphatic rings. The van der Waals surface area contributed by atoms with Crippen molar-refractivity contribution in [1.29, 1.82) is 0 Å². The molecule has 0 bridgehead atoms. The molecular formula is C14H17NO3S. The highest BCUT2D eigenvalue weighted by Crippen LogP contribution is 2.31. The Morgan fingerprint density at radius 2 is 1.58 bits per heavy atom. The van der Waals surface area contributed by atoms with Crippen LogP contribution in [0.25, 0.3) is 10.8 Å². The molecule has 1 N–H and O–H groups in total. The number of anilines is 1. The second kappa shape index (κ2) is 5.19. The number of hydrogen-bond donors (Lipinski definition) is 1. The molecule has 0 fully saturated rings. The van der Waals surface area contributed by atoms with Crippen molar-refractivity contribution in [2.24, 2.45) is 0 Å². The Bertz CT molecular complexity index is 691. The number of hydrogen-bond acceptors (Lipinski definition) is 3. The summed E-state index contributed by atoms with van der Waals surface area (Å²) < 4.78 is 32.1. The molecule has 19 heavy (non-hydrogen) atoms. The van der Waals surface area contributed by atoms with Gasteiger partial charge in [0.25, 0.3) is 10.1 Å². The Balaban J connectivity index is 2.79. The Kier molecular flexibility index (Phi) is 3.78. The van der Waals surface area contributed by atoms with Gasteiger partial charge < -0.3 is 4.90 Å². The van der Waals surface area contributed by atoms with Crippen LogP contribution in [0.1, 0.15) is 13.8 Å². The summed E-state index contributed by atoms with van der Waals surface area (Å²) in [7, 11) is -4.20. The van der Waals surface area contributed by atoms with E-state index in [4.69, 9.17) is 0 Å². The average Bonchev–Trinajstić information content (AvgIpc) is 2.39. The quantitative estimate of drug-likeness (QED) is 0.874. The SMILES string of the molecule is CCN(CC)c1ccc(S(=O)(=O)O)c2ccccc12. The van der Waals surface area contributed by atoms with E-state index in [0.717, 1.165) is 24.2 Å². The second-order valence-corrected chi connectivity index (χ2v) is 5.67. The van der Waals surface area contributed by atoms with Crippen molar-refractivity contribution in [3.05, 3.63) is 36.4 Å². The van der Waals surface area contributed by atoms with E-state index in [1.54, 1.807) is 18.2 Å². The Morgan fingerprint density at radius 1 is 1.00 bits per heavy atom. The molecule has 0 radical (unpaired) electrons. The first-order valence-corrected chi connectivity index (χ1v) is 7.67. The van der Waals surface area contributed by atoms with E-state index in [2.05, 4.69) is 18.7 Å². The molecule has 0 unspecified atom stereocenters. The van der Waals surface area contributed by atoms with Crippen LogP contribution in [0.2, 0.25) is 0 Å². The normalized spacial score (nSPS) is 11.7. The molecule has 0 aliphatic carbocycles. The summed E-state index contributed by atoms with van der Waals surface area (Å²) >= 11 is 0. The monoisotopic (exact) mass is 279 g/mol. The largest absolute Gasteiger partial charge is 0.372 e. The molecule has 4 nitrogen and oxygen atoms in total. The van der Waals surface area contributed by atoms with Gasteiger partial charge in [0.2, 0.25) is 0 Å². The highest BCUT2D eigenvalue weighted by Gasteiger charge is 2.16. The minimum Gasteiger partial charge on any atom is -0.372 e. The lowest BCUT2D eigenvalue weighted by atomic mass is 10.1. The van der Waals surface area contributed by atoms with Gasteiger partial charge >= 0.3 is 0 Å². The maximum atomic E-state index is 11.4. The molecule has 0 saturated heterocycles. The molecule has 0 aromatic heterocycles. The van der Waals surface area contributed by atoms with Gasteiger partial charge in [0, 0.05) is 29.5 Å².